The van der Waals surface area contributed by atoms with Gasteiger partial charge in [-0.05, 0) is 79.6 Å². The highest BCUT2D eigenvalue weighted by Crippen LogP contribution is 2.77. The van der Waals surface area contributed by atoms with Gasteiger partial charge in [0, 0.05) is 18.3 Å². The third-order valence-electron chi connectivity index (χ3n) is 9.86. The number of fused-ring (bicyclic) bond motifs is 7. The van der Waals surface area contributed by atoms with E-state index < -0.39 is 11.8 Å². The van der Waals surface area contributed by atoms with Crippen molar-refractivity contribution in [2.45, 2.75) is 70.8 Å². The zero-order valence-electron chi connectivity index (χ0n) is 17.6. The Labute approximate surface area is 172 Å². The molecule has 0 bridgehead atoms. The number of carbonyl (C=O) groups is 2. The third kappa shape index (κ3) is 2.68. The second-order valence-electron chi connectivity index (χ2n) is 10.7. The van der Waals surface area contributed by atoms with Crippen molar-refractivity contribution >= 4 is 11.9 Å². The molecule has 5 aliphatic rings. The predicted octanol–water partition coefficient (Wildman–Crippen LogP) is 4.44. The maximum Gasteiger partial charge on any atom is 0.505 e. The first-order chi connectivity index (χ1) is 13.8. The fraction of sp³-hybridized carbons (Fsp3) is 0.833. The Hall–Kier alpha value is -1.36. The Morgan fingerprint density at radius 2 is 2.10 bits per heavy atom. The van der Waals surface area contributed by atoms with Crippen molar-refractivity contribution in [2.24, 2.45) is 46.8 Å². The van der Waals surface area contributed by atoms with Crippen LogP contribution in [0.4, 0.5) is 4.79 Å². The van der Waals surface area contributed by atoms with Crippen LogP contribution >= 0.6 is 0 Å². The molecule has 0 heterocycles. The van der Waals surface area contributed by atoms with Crippen LogP contribution < -0.4 is 0 Å². The molecule has 0 radical (unpaired) electrons. The lowest BCUT2D eigenvalue weighted by atomic mass is 9.46. The van der Waals surface area contributed by atoms with Crippen molar-refractivity contribution in [2.75, 3.05) is 6.61 Å². The van der Waals surface area contributed by atoms with E-state index >= 15 is 0 Å². The molecule has 5 nitrogen and oxygen atoms in total. The van der Waals surface area contributed by atoms with Crippen LogP contribution in [0.2, 0.25) is 0 Å². The Morgan fingerprint density at radius 1 is 1.31 bits per heavy atom. The first-order valence-corrected chi connectivity index (χ1v) is 11.6. The van der Waals surface area contributed by atoms with E-state index in [9.17, 15) is 14.7 Å². The Balaban J connectivity index is 1.46. The summed E-state index contributed by atoms with van der Waals surface area (Å²) in [5.74, 6) is 4.13. The van der Waals surface area contributed by atoms with E-state index in [-0.39, 0.29) is 12.0 Å². The molecule has 2 N–H and O–H groups in total. The van der Waals surface area contributed by atoms with Crippen molar-refractivity contribution < 1.29 is 24.5 Å². The summed E-state index contributed by atoms with van der Waals surface area (Å²) in [5.41, 5.74) is 0.455. The summed E-state index contributed by atoms with van der Waals surface area (Å²) in [7, 11) is 0. The van der Waals surface area contributed by atoms with E-state index in [0.29, 0.717) is 60.1 Å². The second-order valence-corrected chi connectivity index (χ2v) is 10.7. The molecule has 5 rings (SSSR count). The summed E-state index contributed by atoms with van der Waals surface area (Å²) < 4.78 is 4.81. The van der Waals surface area contributed by atoms with Gasteiger partial charge in [-0.3, -0.25) is 4.79 Å². The largest absolute Gasteiger partial charge is 0.505 e. The molecule has 0 amide bonds. The molecule has 5 aliphatic carbocycles. The number of allylic oxidation sites excluding steroid dienone is 1. The van der Waals surface area contributed by atoms with Crippen molar-refractivity contribution in [3.63, 3.8) is 0 Å². The number of carboxylic acid groups (broad SMARTS) is 1. The average molecular weight is 403 g/mol. The van der Waals surface area contributed by atoms with Crippen molar-refractivity contribution in [3.8, 4) is 0 Å². The molecule has 160 valence electrons. The highest BCUT2D eigenvalue weighted by Gasteiger charge is 2.75. The minimum absolute atomic E-state index is 0.0836. The van der Waals surface area contributed by atoms with Gasteiger partial charge in [0.2, 0.25) is 0 Å². The van der Waals surface area contributed by atoms with Crippen LogP contribution in [0.1, 0.15) is 65.2 Å². The molecule has 0 aliphatic heterocycles. The van der Waals surface area contributed by atoms with E-state index in [2.05, 4.69) is 13.8 Å². The molecular formula is C24H34O5. The maximum atomic E-state index is 12.0. The molecule has 0 aromatic rings. The van der Waals surface area contributed by atoms with Crippen LogP contribution in [0.15, 0.2) is 11.6 Å². The highest BCUT2D eigenvalue weighted by atomic mass is 16.7. The SMILES string of the molecule is CC[C@@H]1CC2=CC(=O)CC[C@@H]2[C@H]2CC[C@@]3(C)[C@@H]([C@H]4C[C@H]4[C@@]3(O)CCOC(=O)O)[C@H]12. The number of ketones is 1. The number of hydrogen-bond acceptors (Lipinski definition) is 4. The topological polar surface area (TPSA) is 83.8 Å². The van der Waals surface area contributed by atoms with Gasteiger partial charge in [-0.15, -0.1) is 0 Å². The Bertz CT molecular complexity index is 758. The normalized spacial score (nSPS) is 50.0. The lowest BCUT2D eigenvalue weighted by Crippen LogP contribution is -2.57. The van der Waals surface area contributed by atoms with E-state index in [1.54, 1.807) is 0 Å². The summed E-state index contributed by atoms with van der Waals surface area (Å²) in [4.78, 5) is 22.9. The van der Waals surface area contributed by atoms with Gasteiger partial charge in [0.05, 0.1) is 12.2 Å². The van der Waals surface area contributed by atoms with Crippen LogP contribution in [0.25, 0.3) is 0 Å². The van der Waals surface area contributed by atoms with E-state index in [1.165, 1.54) is 5.57 Å². The van der Waals surface area contributed by atoms with Crippen LogP contribution in [-0.2, 0) is 9.53 Å². The lowest BCUT2D eigenvalue weighted by Gasteiger charge is -2.59. The molecule has 0 spiro atoms. The minimum Gasteiger partial charge on any atom is -0.450 e. The predicted molar refractivity (Wildman–Crippen MR) is 107 cm³/mol. The molecule has 0 aromatic carbocycles. The van der Waals surface area contributed by atoms with Crippen molar-refractivity contribution in [1.29, 1.82) is 0 Å². The van der Waals surface area contributed by atoms with Crippen LogP contribution in [0.5, 0.6) is 0 Å². The van der Waals surface area contributed by atoms with Gasteiger partial charge in [-0.1, -0.05) is 25.8 Å². The molecule has 4 saturated carbocycles. The van der Waals surface area contributed by atoms with Gasteiger partial charge in [0.15, 0.2) is 5.78 Å². The Kier molecular flexibility index (Phi) is 4.44. The quantitative estimate of drug-likeness (QED) is 0.680. The molecule has 0 saturated heterocycles. The number of carbonyl (C=O) groups excluding carboxylic acids is 1. The fourth-order valence-corrected chi connectivity index (χ4v) is 8.66. The summed E-state index contributed by atoms with van der Waals surface area (Å²) in [5, 5.41) is 20.7. The van der Waals surface area contributed by atoms with Gasteiger partial charge in [-0.25, -0.2) is 4.79 Å². The highest BCUT2D eigenvalue weighted by molar-refractivity contribution is 5.91. The minimum atomic E-state index is -1.26. The molecular weight excluding hydrogens is 368 g/mol. The number of ether oxygens (including phenoxy) is 1. The lowest BCUT2D eigenvalue weighted by molar-refractivity contribution is -0.156. The molecule has 0 aromatic heterocycles. The summed E-state index contributed by atoms with van der Waals surface area (Å²) in [6.45, 7) is 4.65. The average Bonchev–Trinajstić information content (AvgIpc) is 3.43. The van der Waals surface area contributed by atoms with Crippen LogP contribution in [0.3, 0.4) is 0 Å². The van der Waals surface area contributed by atoms with Crippen molar-refractivity contribution in [3.05, 3.63) is 11.6 Å². The standard InChI is InChI=1S/C24H34O5/c1-3-13-10-14-11-15(25)4-5-16(14)17-6-7-23(2)21(20(13)17)18-12-19(18)24(23,28)8-9-29-22(26)27/h11,13,16-21,28H,3-10,12H2,1-2H3,(H,26,27)/t13-,16+,17-,18+,19-,20-,21+,23+,24+/m1/s1. The van der Waals surface area contributed by atoms with Gasteiger partial charge in [-0.2, -0.15) is 0 Å². The van der Waals surface area contributed by atoms with Gasteiger partial charge >= 0.3 is 6.16 Å². The first-order valence-electron chi connectivity index (χ1n) is 11.6. The first kappa shape index (κ1) is 19.6. The number of rotatable bonds is 4. The number of hydrogen-bond donors (Lipinski definition) is 2. The third-order valence-corrected chi connectivity index (χ3v) is 9.86. The molecule has 5 heteroatoms. The zero-order valence-corrected chi connectivity index (χ0v) is 17.6. The Morgan fingerprint density at radius 3 is 2.83 bits per heavy atom. The molecule has 9 atom stereocenters. The zero-order chi connectivity index (χ0) is 20.6. The summed E-state index contributed by atoms with van der Waals surface area (Å²) in [6.07, 6.45) is 8.22. The smallest absolute Gasteiger partial charge is 0.450 e. The fourth-order valence-electron chi connectivity index (χ4n) is 8.66. The summed E-state index contributed by atoms with van der Waals surface area (Å²) in [6, 6.07) is 0. The number of aliphatic hydroxyl groups is 1. The van der Waals surface area contributed by atoms with E-state index in [4.69, 9.17) is 9.84 Å². The van der Waals surface area contributed by atoms with E-state index in [0.717, 1.165) is 38.5 Å². The summed E-state index contributed by atoms with van der Waals surface area (Å²) >= 11 is 0. The van der Waals surface area contributed by atoms with E-state index in [1.807, 2.05) is 6.08 Å². The molecule has 29 heavy (non-hydrogen) atoms. The second kappa shape index (κ2) is 6.57. The monoisotopic (exact) mass is 402 g/mol. The van der Waals surface area contributed by atoms with Gasteiger partial charge in [0.1, 0.15) is 0 Å². The molecule has 4 fully saturated rings. The molecule has 0 unspecified atom stereocenters. The van der Waals surface area contributed by atoms with Gasteiger partial charge in [0.25, 0.3) is 0 Å². The van der Waals surface area contributed by atoms with Crippen molar-refractivity contribution in [1.82, 2.24) is 0 Å². The van der Waals surface area contributed by atoms with Crippen LogP contribution in [0, 0.1) is 46.8 Å². The van der Waals surface area contributed by atoms with Crippen LogP contribution in [-0.4, -0.2) is 34.4 Å². The maximum absolute atomic E-state index is 12.0. The van der Waals surface area contributed by atoms with Gasteiger partial charge < -0.3 is 14.9 Å².